The summed E-state index contributed by atoms with van der Waals surface area (Å²) >= 11 is 0. The van der Waals surface area contributed by atoms with Crippen LogP contribution in [0.4, 0.5) is 4.79 Å². The van der Waals surface area contributed by atoms with Gasteiger partial charge in [0.1, 0.15) is 5.60 Å². The summed E-state index contributed by atoms with van der Waals surface area (Å²) in [4.78, 5) is 26.5. The van der Waals surface area contributed by atoms with Crippen LogP contribution in [-0.4, -0.2) is 47.7 Å². The number of rotatable bonds is 6. The van der Waals surface area contributed by atoms with E-state index in [1.807, 2.05) is 25.7 Å². The predicted octanol–water partition coefficient (Wildman–Crippen LogP) is 1.52. The van der Waals surface area contributed by atoms with Gasteiger partial charge in [-0.2, -0.15) is 0 Å². The predicted molar refractivity (Wildman–Crippen MR) is 92.0 cm³/mol. The van der Waals surface area contributed by atoms with Crippen LogP contribution in [0.1, 0.15) is 46.5 Å². The molecular weight excluding hydrogens is 308 g/mol. The SMILES string of the molecule is C=CNCCNNC(=O)C1CCN(C(=O)OC(C)(C)C)C2(CC2)C1. The van der Waals surface area contributed by atoms with Crippen molar-refractivity contribution in [2.24, 2.45) is 5.92 Å². The summed E-state index contributed by atoms with van der Waals surface area (Å²) < 4.78 is 5.51. The van der Waals surface area contributed by atoms with Gasteiger partial charge in [0, 0.05) is 31.1 Å². The van der Waals surface area contributed by atoms with Gasteiger partial charge < -0.3 is 15.0 Å². The number of carbonyl (C=O) groups excluding carboxylic acids is 2. The van der Waals surface area contributed by atoms with Crippen LogP contribution in [0.3, 0.4) is 0 Å². The Morgan fingerprint density at radius 3 is 2.62 bits per heavy atom. The minimum atomic E-state index is -0.495. The van der Waals surface area contributed by atoms with E-state index in [1.54, 1.807) is 6.20 Å². The molecule has 136 valence electrons. The van der Waals surface area contributed by atoms with Crippen molar-refractivity contribution in [2.75, 3.05) is 19.6 Å². The summed E-state index contributed by atoms with van der Waals surface area (Å²) in [6.45, 7) is 11.1. The zero-order chi connectivity index (χ0) is 17.8. The van der Waals surface area contributed by atoms with Crippen LogP contribution < -0.4 is 16.2 Å². The quantitative estimate of drug-likeness (QED) is 0.505. The van der Waals surface area contributed by atoms with Crippen LogP contribution in [0.2, 0.25) is 0 Å². The van der Waals surface area contributed by atoms with Crippen molar-refractivity contribution in [3.05, 3.63) is 12.8 Å². The summed E-state index contributed by atoms with van der Waals surface area (Å²) in [5.41, 5.74) is 5.01. The molecule has 1 spiro atoms. The van der Waals surface area contributed by atoms with Gasteiger partial charge in [-0.25, -0.2) is 10.2 Å². The number of carbonyl (C=O) groups is 2. The largest absolute Gasteiger partial charge is 0.444 e. The molecule has 2 amide bonds. The molecule has 0 radical (unpaired) electrons. The van der Waals surface area contributed by atoms with Crippen LogP contribution >= 0.6 is 0 Å². The maximum Gasteiger partial charge on any atom is 0.410 e. The second-order valence-corrected chi connectivity index (χ2v) is 7.62. The number of hydrogen-bond acceptors (Lipinski definition) is 5. The van der Waals surface area contributed by atoms with Gasteiger partial charge in [0.05, 0.1) is 0 Å². The number of likely N-dealkylation sites (tertiary alicyclic amines) is 1. The molecule has 1 saturated heterocycles. The topological polar surface area (TPSA) is 82.7 Å². The molecule has 0 aromatic rings. The van der Waals surface area contributed by atoms with Gasteiger partial charge in [-0.3, -0.25) is 10.2 Å². The van der Waals surface area contributed by atoms with Crippen LogP contribution in [0.5, 0.6) is 0 Å². The minimum Gasteiger partial charge on any atom is -0.444 e. The Labute approximate surface area is 144 Å². The van der Waals surface area contributed by atoms with E-state index in [-0.39, 0.29) is 23.5 Å². The first-order valence-electron chi connectivity index (χ1n) is 8.65. The highest BCUT2D eigenvalue weighted by Crippen LogP contribution is 2.50. The fourth-order valence-corrected chi connectivity index (χ4v) is 3.13. The Kier molecular flexibility index (Phi) is 5.74. The summed E-state index contributed by atoms with van der Waals surface area (Å²) in [6, 6.07) is 0. The molecule has 0 aromatic heterocycles. The van der Waals surface area contributed by atoms with E-state index >= 15 is 0 Å². The number of piperidine rings is 1. The molecule has 0 aromatic carbocycles. The molecule has 2 fully saturated rings. The van der Waals surface area contributed by atoms with Crippen molar-refractivity contribution in [1.29, 1.82) is 0 Å². The highest BCUT2D eigenvalue weighted by Gasteiger charge is 2.55. The van der Waals surface area contributed by atoms with E-state index < -0.39 is 5.60 Å². The van der Waals surface area contributed by atoms with Gasteiger partial charge in [-0.15, -0.1) is 0 Å². The van der Waals surface area contributed by atoms with Gasteiger partial charge in [-0.05, 0) is 52.7 Å². The average molecular weight is 338 g/mol. The van der Waals surface area contributed by atoms with Crippen molar-refractivity contribution in [3.8, 4) is 0 Å². The zero-order valence-electron chi connectivity index (χ0n) is 15.0. The maximum absolute atomic E-state index is 12.4. The molecule has 3 N–H and O–H groups in total. The van der Waals surface area contributed by atoms with Crippen LogP contribution in [-0.2, 0) is 9.53 Å². The molecule has 1 heterocycles. The molecule has 2 aliphatic rings. The van der Waals surface area contributed by atoms with E-state index in [0.717, 1.165) is 12.8 Å². The monoisotopic (exact) mass is 338 g/mol. The molecule has 1 atom stereocenters. The Balaban J connectivity index is 1.82. The smallest absolute Gasteiger partial charge is 0.410 e. The molecule has 1 unspecified atom stereocenters. The number of hydrazine groups is 1. The van der Waals surface area contributed by atoms with Crippen LogP contribution in [0.15, 0.2) is 12.8 Å². The fourth-order valence-electron chi connectivity index (χ4n) is 3.13. The Hall–Kier alpha value is -1.76. The summed E-state index contributed by atoms with van der Waals surface area (Å²) in [6.07, 6.45) is 4.64. The third-order valence-electron chi connectivity index (χ3n) is 4.46. The van der Waals surface area contributed by atoms with E-state index in [0.29, 0.717) is 32.5 Å². The van der Waals surface area contributed by atoms with Gasteiger partial charge in [-0.1, -0.05) is 6.58 Å². The van der Waals surface area contributed by atoms with Gasteiger partial charge in [0.2, 0.25) is 5.91 Å². The number of nitrogens with one attached hydrogen (secondary N) is 3. The molecule has 7 nitrogen and oxygen atoms in total. The summed E-state index contributed by atoms with van der Waals surface area (Å²) in [5.74, 6) is -0.0604. The van der Waals surface area contributed by atoms with Crippen molar-refractivity contribution >= 4 is 12.0 Å². The third-order valence-corrected chi connectivity index (χ3v) is 4.46. The van der Waals surface area contributed by atoms with E-state index in [2.05, 4.69) is 22.7 Å². The number of nitrogens with zero attached hydrogens (tertiary/aromatic N) is 1. The van der Waals surface area contributed by atoms with Crippen molar-refractivity contribution in [2.45, 2.75) is 57.6 Å². The van der Waals surface area contributed by atoms with Gasteiger partial charge in [0.15, 0.2) is 0 Å². The molecule has 1 saturated carbocycles. The van der Waals surface area contributed by atoms with Gasteiger partial charge >= 0.3 is 6.09 Å². The Bertz CT molecular complexity index is 483. The van der Waals surface area contributed by atoms with Gasteiger partial charge in [0.25, 0.3) is 0 Å². The van der Waals surface area contributed by atoms with E-state index in [9.17, 15) is 9.59 Å². The molecule has 1 aliphatic carbocycles. The Morgan fingerprint density at radius 1 is 1.33 bits per heavy atom. The van der Waals surface area contributed by atoms with Crippen molar-refractivity contribution in [3.63, 3.8) is 0 Å². The lowest BCUT2D eigenvalue weighted by atomic mass is 9.88. The highest BCUT2D eigenvalue weighted by atomic mass is 16.6. The maximum atomic E-state index is 12.4. The average Bonchev–Trinajstić information content (AvgIpc) is 3.24. The fraction of sp³-hybridized carbons (Fsp3) is 0.765. The first-order chi connectivity index (χ1) is 11.3. The lowest BCUT2D eigenvalue weighted by molar-refractivity contribution is -0.128. The molecular formula is C17H30N4O3. The number of ether oxygens (including phenoxy) is 1. The highest BCUT2D eigenvalue weighted by molar-refractivity contribution is 5.79. The molecule has 0 bridgehead atoms. The number of hydrogen-bond donors (Lipinski definition) is 3. The third kappa shape index (κ3) is 4.87. The lowest BCUT2D eigenvalue weighted by Gasteiger charge is -2.40. The summed E-state index contributed by atoms with van der Waals surface area (Å²) in [7, 11) is 0. The van der Waals surface area contributed by atoms with E-state index in [4.69, 9.17) is 4.74 Å². The minimum absolute atomic E-state index is 0.00344. The number of amides is 2. The second-order valence-electron chi connectivity index (χ2n) is 7.62. The van der Waals surface area contributed by atoms with Crippen molar-refractivity contribution < 1.29 is 14.3 Å². The summed E-state index contributed by atoms with van der Waals surface area (Å²) in [5, 5.41) is 2.95. The lowest BCUT2D eigenvalue weighted by Crippen LogP contribution is -2.53. The molecule has 24 heavy (non-hydrogen) atoms. The molecule has 1 aliphatic heterocycles. The molecule has 2 rings (SSSR count). The normalized spacial score (nSPS) is 22.0. The van der Waals surface area contributed by atoms with Crippen LogP contribution in [0.25, 0.3) is 0 Å². The second kappa shape index (κ2) is 7.42. The Morgan fingerprint density at radius 2 is 2.04 bits per heavy atom. The first kappa shape index (κ1) is 18.6. The zero-order valence-corrected chi connectivity index (χ0v) is 15.0. The standard InChI is InChI=1S/C17H30N4O3/c1-5-18-9-10-19-20-14(22)13-6-11-21(17(12-13)7-8-17)15(23)24-16(2,3)4/h5,13,18-19H,1,6-12H2,2-4H3,(H,20,22). The van der Waals surface area contributed by atoms with E-state index in [1.165, 1.54) is 0 Å². The van der Waals surface area contributed by atoms with Crippen LogP contribution in [0, 0.1) is 5.92 Å². The first-order valence-corrected chi connectivity index (χ1v) is 8.65. The van der Waals surface area contributed by atoms with Crippen molar-refractivity contribution in [1.82, 2.24) is 21.1 Å². The molecule has 7 heteroatoms.